The quantitative estimate of drug-likeness (QED) is 0.821. The summed E-state index contributed by atoms with van der Waals surface area (Å²) in [5.41, 5.74) is 7.72. The van der Waals surface area contributed by atoms with Gasteiger partial charge in [0.15, 0.2) is 5.17 Å². The van der Waals surface area contributed by atoms with Gasteiger partial charge in [-0.25, -0.2) is 0 Å². The Balaban J connectivity index is 1.84. The van der Waals surface area contributed by atoms with E-state index in [0.717, 1.165) is 17.7 Å². The van der Waals surface area contributed by atoms with Crippen LogP contribution in [0, 0.1) is 0 Å². The highest BCUT2D eigenvalue weighted by Crippen LogP contribution is 2.36. The number of hydrogen-bond donors (Lipinski definition) is 2. The number of nitrogens with two attached hydrogens (primary N) is 1. The highest BCUT2D eigenvalue weighted by atomic mass is 32.2. The number of ether oxygens (including phenoxy) is 2. The summed E-state index contributed by atoms with van der Waals surface area (Å²) < 4.78 is 10.5. The molecular formula is C20H23N3O3S. The maximum absolute atomic E-state index is 12.7. The van der Waals surface area contributed by atoms with Crippen molar-refractivity contribution in [3.8, 4) is 11.5 Å². The Hall–Kier alpha value is -2.67. The summed E-state index contributed by atoms with van der Waals surface area (Å²) in [6, 6.07) is 12.8. The molecule has 142 valence electrons. The zero-order valence-corrected chi connectivity index (χ0v) is 16.4. The van der Waals surface area contributed by atoms with Crippen molar-refractivity contribution >= 4 is 28.5 Å². The zero-order valence-electron chi connectivity index (χ0n) is 15.6. The van der Waals surface area contributed by atoms with Gasteiger partial charge in [-0.15, -0.1) is 0 Å². The van der Waals surface area contributed by atoms with Gasteiger partial charge in [0, 0.05) is 23.1 Å². The van der Waals surface area contributed by atoms with Gasteiger partial charge in [0.2, 0.25) is 0 Å². The number of methoxy groups -OCH3 is 2. The van der Waals surface area contributed by atoms with Crippen molar-refractivity contribution in [2.24, 2.45) is 10.7 Å². The fraction of sp³-hybridized carbons (Fsp3) is 0.300. The number of aliphatic imine (C=N–C) groups is 1. The molecule has 0 saturated heterocycles. The summed E-state index contributed by atoms with van der Waals surface area (Å²) in [7, 11) is 3.10. The number of thioether (sulfide) groups is 1. The third kappa shape index (κ3) is 4.36. The first-order valence-electron chi connectivity index (χ1n) is 8.56. The van der Waals surface area contributed by atoms with Gasteiger partial charge in [-0.3, -0.25) is 9.79 Å². The topological polar surface area (TPSA) is 85.9 Å². The second-order valence-corrected chi connectivity index (χ2v) is 7.57. The highest BCUT2D eigenvalue weighted by Gasteiger charge is 2.29. The molecule has 1 atom stereocenters. The number of hydrogen-bond acceptors (Lipinski definition) is 6. The monoisotopic (exact) mass is 385 g/mol. The van der Waals surface area contributed by atoms with Gasteiger partial charge in [-0.2, -0.15) is 0 Å². The van der Waals surface area contributed by atoms with Crippen LogP contribution < -0.4 is 20.5 Å². The van der Waals surface area contributed by atoms with Gasteiger partial charge in [0.25, 0.3) is 5.91 Å². The maximum atomic E-state index is 12.7. The van der Waals surface area contributed by atoms with E-state index >= 15 is 0 Å². The smallest absolute Gasteiger partial charge is 0.255 e. The summed E-state index contributed by atoms with van der Waals surface area (Å²) in [5, 5.41) is 3.53. The first-order chi connectivity index (χ1) is 12.9. The predicted molar refractivity (Wildman–Crippen MR) is 110 cm³/mol. The van der Waals surface area contributed by atoms with Gasteiger partial charge in [0.1, 0.15) is 11.5 Å². The molecule has 0 fully saturated rings. The molecular weight excluding hydrogens is 362 g/mol. The lowest BCUT2D eigenvalue weighted by Crippen LogP contribution is -2.28. The first kappa shape index (κ1) is 19.1. The van der Waals surface area contributed by atoms with E-state index < -0.39 is 0 Å². The van der Waals surface area contributed by atoms with Crippen LogP contribution in [0.5, 0.6) is 11.5 Å². The van der Waals surface area contributed by atoms with Crippen LogP contribution in [0.4, 0.5) is 5.69 Å². The molecule has 1 heterocycles. The van der Waals surface area contributed by atoms with Crippen LogP contribution in [-0.2, 0) is 5.54 Å². The fourth-order valence-corrected chi connectivity index (χ4v) is 3.94. The van der Waals surface area contributed by atoms with Gasteiger partial charge < -0.3 is 20.5 Å². The van der Waals surface area contributed by atoms with Gasteiger partial charge >= 0.3 is 0 Å². The summed E-state index contributed by atoms with van der Waals surface area (Å²) in [5.74, 6) is 1.80. The third-order valence-electron chi connectivity index (χ3n) is 4.55. The zero-order chi connectivity index (χ0) is 19.4. The van der Waals surface area contributed by atoms with Crippen molar-refractivity contribution in [2.45, 2.75) is 18.9 Å². The molecule has 6 nitrogen and oxygen atoms in total. The van der Waals surface area contributed by atoms with Crippen LogP contribution in [0.15, 0.2) is 47.5 Å². The number of amides is 1. The molecule has 0 spiro atoms. The van der Waals surface area contributed by atoms with Gasteiger partial charge in [-0.05, 0) is 43.2 Å². The van der Waals surface area contributed by atoms with E-state index in [2.05, 4.69) is 17.2 Å². The molecule has 0 radical (unpaired) electrons. The maximum Gasteiger partial charge on any atom is 0.255 e. The molecule has 0 aromatic heterocycles. The summed E-state index contributed by atoms with van der Waals surface area (Å²) in [4.78, 5) is 17.3. The van der Waals surface area contributed by atoms with Crippen molar-refractivity contribution in [3.63, 3.8) is 0 Å². The highest BCUT2D eigenvalue weighted by molar-refractivity contribution is 8.13. The molecule has 3 rings (SSSR count). The SMILES string of the molecule is COc1cc(OC)cc(C(=O)Nc2cccc([C@@]3(C)CCSC(N)=N3)c2)c1. The number of nitrogens with zero attached hydrogens (tertiary/aromatic N) is 1. The van der Waals surface area contributed by atoms with Crippen LogP contribution in [0.3, 0.4) is 0 Å². The van der Waals surface area contributed by atoms with Gasteiger partial charge in [-0.1, -0.05) is 23.9 Å². The Kier molecular flexibility index (Phi) is 5.60. The minimum absolute atomic E-state index is 0.239. The van der Waals surface area contributed by atoms with Crippen LogP contribution in [0.25, 0.3) is 0 Å². The lowest BCUT2D eigenvalue weighted by Gasteiger charge is -2.30. The molecule has 7 heteroatoms. The van der Waals surface area contributed by atoms with Crippen LogP contribution in [-0.4, -0.2) is 31.0 Å². The van der Waals surface area contributed by atoms with Crippen LogP contribution >= 0.6 is 11.8 Å². The van der Waals surface area contributed by atoms with Crippen molar-refractivity contribution in [3.05, 3.63) is 53.6 Å². The molecule has 0 unspecified atom stereocenters. The average Bonchev–Trinajstić information content (AvgIpc) is 2.67. The second kappa shape index (κ2) is 7.92. The second-order valence-electron chi connectivity index (χ2n) is 6.46. The van der Waals surface area contributed by atoms with Crippen molar-refractivity contribution < 1.29 is 14.3 Å². The number of benzene rings is 2. The predicted octanol–water partition coefficient (Wildman–Crippen LogP) is 3.62. The van der Waals surface area contributed by atoms with E-state index in [9.17, 15) is 4.79 Å². The van der Waals surface area contributed by atoms with Crippen LogP contribution in [0.2, 0.25) is 0 Å². The van der Waals surface area contributed by atoms with E-state index in [1.54, 1.807) is 44.2 Å². The fourth-order valence-electron chi connectivity index (χ4n) is 2.97. The minimum Gasteiger partial charge on any atom is -0.497 e. The molecule has 3 N–H and O–H groups in total. The molecule has 0 aliphatic carbocycles. The van der Waals surface area contributed by atoms with Crippen LogP contribution in [0.1, 0.15) is 29.3 Å². The molecule has 2 aromatic carbocycles. The van der Waals surface area contributed by atoms with Crippen molar-refractivity contribution in [1.82, 2.24) is 0 Å². The van der Waals surface area contributed by atoms with E-state index in [-0.39, 0.29) is 11.4 Å². The van der Waals surface area contributed by atoms with E-state index in [4.69, 9.17) is 15.2 Å². The molecule has 1 aliphatic heterocycles. The number of nitrogens with one attached hydrogen (secondary N) is 1. The Morgan fingerprint density at radius 3 is 2.52 bits per heavy atom. The summed E-state index contributed by atoms with van der Waals surface area (Å²) >= 11 is 1.57. The lowest BCUT2D eigenvalue weighted by atomic mass is 9.89. The Bertz CT molecular complexity index is 862. The van der Waals surface area contributed by atoms with E-state index in [1.165, 1.54) is 0 Å². The first-order valence-corrected chi connectivity index (χ1v) is 9.55. The van der Waals surface area contributed by atoms with Gasteiger partial charge in [0.05, 0.1) is 19.8 Å². The average molecular weight is 385 g/mol. The standard InChI is InChI=1S/C20H23N3O3S/c1-20(7-8-27-19(21)23-20)14-5-4-6-15(11-14)22-18(24)13-9-16(25-2)12-17(10-13)26-3/h4-6,9-12H,7-8H2,1-3H3,(H2,21,23)(H,22,24)/t20-/m1/s1. The molecule has 0 bridgehead atoms. The Labute approximate surface area is 163 Å². The summed E-state index contributed by atoms with van der Waals surface area (Å²) in [6.45, 7) is 2.06. The summed E-state index contributed by atoms with van der Waals surface area (Å²) in [6.07, 6.45) is 0.892. The van der Waals surface area contributed by atoms with Crippen molar-refractivity contribution in [2.75, 3.05) is 25.3 Å². The molecule has 1 aliphatic rings. The molecule has 2 aromatic rings. The lowest BCUT2D eigenvalue weighted by molar-refractivity contribution is 0.102. The third-order valence-corrected chi connectivity index (χ3v) is 5.35. The largest absolute Gasteiger partial charge is 0.497 e. The van der Waals surface area contributed by atoms with E-state index in [0.29, 0.717) is 27.9 Å². The molecule has 27 heavy (non-hydrogen) atoms. The number of rotatable bonds is 5. The number of anilines is 1. The molecule has 0 saturated carbocycles. The Morgan fingerprint density at radius 1 is 1.19 bits per heavy atom. The Morgan fingerprint density at radius 2 is 1.89 bits per heavy atom. The van der Waals surface area contributed by atoms with Crippen molar-refractivity contribution in [1.29, 1.82) is 0 Å². The minimum atomic E-state index is -0.380. The molecule has 1 amide bonds. The number of carbonyl (C=O) groups excluding carboxylic acids is 1. The number of carbonyl (C=O) groups is 1. The van der Waals surface area contributed by atoms with E-state index in [1.807, 2.05) is 24.3 Å². The normalized spacial score (nSPS) is 19.1. The number of amidine groups is 1.